The summed E-state index contributed by atoms with van der Waals surface area (Å²) in [6.07, 6.45) is 5.96. The summed E-state index contributed by atoms with van der Waals surface area (Å²) >= 11 is 0. The lowest BCUT2D eigenvalue weighted by atomic mass is 10.3. The van der Waals surface area contributed by atoms with Crippen LogP contribution in [0.25, 0.3) is 0 Å². The van der Waals surface area contributed by atoms with E-state index in [-0.39, 0.29) is 0 Å². The molecule has 0 spiro atoms. The van der Waals surface area contributed by atoms with Gasteiger partial charge in [-0.2, -0.15) is 0 Å². The van der Waals surface area contributed by atoms with Crippen molar-refractivity contribution in [1.82, 2.24) is 9.80 Å². The van der Waals surface area contributed by atoms with Crippen molar-refractivity contribution < 1.29 is 0 Å². The van der Waals surface area contributed by atoms with E-state index in [0.29, 0.717) is 0 Å². The number of rotatable bonds is 9. The average Bonchev–Trinajstić information content (AvgIpc) is 2.47. The third kappa shape index (κ3) is 8.74. The predicted octanol–water partition coefficient (Wildman–Crippen LogP) is 4.02. The highest BCUT2D eigenvalue weighted by atomic mass is 15.3. The van der Waals surface area contributed by atoms with Crippen LogP contribution in [0.4, 0.5) is 0 Å². The summed E-state index contributed by atoms with van der Waals surface area (Å²) in [4.78, 5) is 14.0. The second-order valence-electron chi connectivity index (χ2n) is 5.55. The van der Waals surface area contributed by atoms with Gasteiger partial charge in [0, 0.05) is 33.2 Å². The highest BCUT2D eigenvalue weighted by molar-refractivity contribution is 5.94. The van der Waals surface area contributed by atoms with E-state index in [4.69, 9.17) is 4.99 Å². The Hall–Kier alpha value is -1.06. The predicted molar refractivity (Wildman–Crippen MR) is 95.4 cm³/mol. The molecule has 0 heterocycles. The van der Waals surface area contributed by atoms with E-state index in [2.05, 4.69) is 56.5 Å². The van der Waals surface area contributed by atoms with Crippen LogP contribution in [-0.4, -0.2) is 54.8 Å². The number of aliphatic imine (C=N–C) groups is 2. The minimum Gasteiger partial charge on any atom is -0.363 e. The summed E-state index contributed by atoms with van der Waals surface area (Å²) in [5.74, 6) is 1.97. The second-order valence-corrected chi connectivity index (χ2v) is 5.55. The Morgan fingerprint density at radius 2 is 1.43 bits per heavy atom. The average molecular weight is 297 g/mol. The molecule has 0 aromatic rings. The first-order valence-corrected chi connectivity index (χ1v) is 8.66. The molecule has 0 saturated heterocycles. The van der Waals surface area contributed by atoms with Crippen LogP contribution in [0.3, 0.4) is 0 Å². The van der Waals surface area contributed by atoms with Gasteiger partial charge in [0.15, 0.2) is 0 Å². The number of hydrogen-bond acceptors (Lipinski definition) is 1. The molecular weight excluding hydrogens is 260 g/mol. The van der Waals surface area contributed by atoms with Crippen LogP contribution in [0.5, 0.6) is 0 Å². The fourth-order valence-corrected chi connectivity index (χ4v) is 2.08. The van der Waals surface area contributed by atoms with Crippen molar-refractivity contribution in [2.45, 2.75) is 66.7 Å². The van der Waals surface area contributed by atoms with E-state index in [1.165, 1.54) is 25.7 Å². The molecule has 0 amide bonds. The van der Waals surface area contributed by atoms with Crippen LogP contribution in [0.2, 0.25) is 0 Å². The maximum Gasteiger partial charge on any atom is 0.222 e. The first-order chi connectivity index (χ1) is 10.1. The van der Waals surface area contributed by atoms with Crippen LogP contribution < -0.4 is 0 Å². The van der Waals surface area contributed by atoms with Gasteiger partial charge in [-0.05, 0) is 33.1 Å². The van der Waals surface area contributed by atoms with E-state index in [1.54, 1.807) is 0 Å². The fraction of sp³-hybridized carbons (Fsp3) is 0.882. The molecule has 21 heavy (non-hydrogen) atoms. The van der Waals surface area contributed by atoms with Gasteiger partial charge in [-0.15, -0.1) is 0 Å². The lowest BCUT2D eigenvalue weighted by Gasteiger charge is -2.25. The van der Waals surface area contributed by atoms with Gasteiger partial charge in [0.25, 0.3) is 0 Å². The van der Waals surface area contributed by atoms with E-state index in [9.17, 15) is 0 Å². The van der Waals surface area contributed by atoms with Gasteiger partial charge in [-0.25, -0.2) is 4.99 Å². The third-order valence-electron chi connectivity index (χ3n) is 3.52. The van der Waals surface area contributed by atoms with Crippen molar-refractivity contribution >= 4 is 11.8 Å². The summed E-state index contributed by atoms with van der Waals surface area (Å²) in [6, 6.07) is 0. The standard InChI is InChI=1S/C17H36N4/c1-7-11-14-21(15-12-8-2)17(18-10-4)19-16(5)20(6)13-9-3/h7-15H2,1-6H3/b18-17?,19-16+. The molecule has 4 nitrogen and oxygen atoms in total. The van der Waals surface area contributed by atoms with Gasteiger partial charge in [0.1, 0.15) is 5.84 Å². The van der Waals surface area contributed by atoms with Gasteiger partial charge in [0.2, 0.25) is 5.96 Å². The molecule has 0 rings (SSSR count). The maximum absolute atomic E-state index is 4.81. The zero-order valence-corrected chi connectivity index (χ0v) is 15.2. The van der Waals surface area contributed by atoms with Gasteiger partial charge in [-0.3, -0.25) is 4.99 Å². The number of nitrogens with zero attached hydrogens (tertiary/aromatic N) is 4. The Morgan fingerprint density at radius 3 is 1.86 bits per heavy atom. The normalized spacial score (nSPS) is 12.7. The molecule has 0 bridgehead atoms. The summed E-state index contributed by atoms with van der Waals surface area (Å²) in [5, 5.41) is 0. The Labute approximate surface area is 132 Å². The lowest BCUT2D eigenvalue weighted by Crippen LogP contribution is -2.34. The number of guanidine groups is 1. The van der Waals surface area contributed by atoms with Gasteiger partial charge < -0.3 is 9.80 Å². The Balaban J connectivity index is 5.02. The first-order valence-electron chi connectivity index (χ1n) is 8.66. The van der Waals surface area contributed by atoms with E-state index < -0.39 is 0 Å². The van der Waals surface area contributed by atoms with Crippen molar-refractivity contribution in [2.75, 3.05) is 33.2 Å². The summed E-state index contributed by atoms with van der Waals surface area (Å²) in [5.41, 5.74) is 0. The molecule has 0 aliphatic heterocycles. The summed E-state index contributed by atoms with van der Waals surface area (Å²) < 4.78 is 0. The molecule has 0 unspecified atom stereocenters. The molecule has 0 radical (unpaired) electrons. The van der Waals surface area contributed by atoms with Crippen LogP contribution in [0, 0.1) is 0 Å². The minimum absolute atomic E-state index is 0.790. The highest BCUT2D eigenvalue weighted by Crippen LogP contribution is 2.04. The Kier molecular flexibility index (Phi) is 12.0. The molecule has 0 aromatic carbocycles. The number of unbranched alkanes of at least 4 members (excludes halogenated alkanes) is 2. The van der Waals surface area contributed by atoms with Crippen molar-refractivity contribution in [2.24, 2.45) is 9.98 Å². The Morgan fingerprint density at radius 1 is 0.857 bits per heavy atom. The van der Waals surface area contributed by atoms with Crippen molar-refractivity contribution in [3.8, 4) is 0 Å². The van der Waals surface area contributed by atoms with Crippen LogP contribution in [0.15, 0.2) is 9.98 Å². The van der Waals surface area contributed by atoms with Gasteiger partial charge in [0.05, 0.1) is 0 Å². The largest absolute Gasteiger partial charge is 0.363 e. The monoisotopic (exact) mass is 296 g/mol. The van der Waals surface area contributed by atoms with E-state index in [1.807, 2.05) is 0 Å². The van der Waals surface area contributed by atoms with Crippen LogP contribution in [-0.2, 0) is 0 Å². The molecule has 0 aliphatic rings. The molecule has 0 aliphatic carbocycles. The third-order valence-corrected chi connectivity index (χ3v) is 3.52. The van der Waals surface area contributed by atoms with E-state index >= 15 is 0 Å². The van der Waals surface area contributed by atoms with Crippen LogP contribution in [0.1, 0.15) is 66.7 Å². The number of amidine groups is 1. The quantitative estimate of drug-likeness (QED) is 0.475. The lowest BCUT2D eigenvalue weighted by molar-refractivity contribution is 0.392. The first kappa shape index (κ1) is 19.9. The molecule has 0 fully saturated rings. The Bertz CT molecular complexity index is 302. The van der Waals surface area contributed by atoms with Crippen LogP contribution >= 0.6 is 0 Å². The van der Waals surface area contributed by atoms with Crippen molar-refractivity contribution in [1.29, 1.82) is 0 Å². The van der Waals surface area contributed by atoms with E-state index in [0.717, 1.165) is 44.4 Å². The molecule has 0 atom stereocenters. The highest BCUT2D eigenvalue weighted by Gasteiger charge is 2.11. The van der Waals surface area contributed by atoms with Crippen molar-refractivity contribution in [3.63, 3.8) is 0 Å². The fourth-order valence-electron chi connectivity index (χ4n) is 2.08. The minimum atomic E-state index is 0.790. The summed E-state index contributed by atoms with van der Waals surface area (Å²) in [6.45, 7) is 14.8. The van der Waals surface area contributed by atoms with Gasteiger partial charge in [-0.1, -0.05) is 33.6 Å². The number of hydrogen-bond donors (Lipinski definition) is 0. The zero-order chi connectivity index (χ0) is 16.1. The summed E-state index contributed by atoms with van der Waals surface area (Å²) in [7, 11) is 2.11. The molecule has 124 valence electrons. The van der Waals surface area contributed by atoms with Gasteiger partial charge >= 0.3 is 0 Å². The molecular formula is C17H36N4. The maximum atomic E-state index is 4.81. The topological polar surface area (TPSA) is 31.2 Å². The molecule has 0 saturated carbocycles. The van der Waals surface area contributed by atoms with Crippen molar-refractivity contribution in [3.05, 3.63) is 0 Å². The SMILES string of the molecule is CCCCN(CCCC)C(=NCC)/N=C(\C)N(C)CCC. The molecule has 0 N–H and O–H groups in total. The second kappa shape index (κ2) is 12.7. The smallest absolute Gasteiger partial charge is 0.222 e. The molecule has 0 aromatic heterocycles. The molecule has 4 heteroatoms. The zero-order valence-electron chi connectivity index (χ0n) is 15.2.